The van der Waals surface area contributed by atoms with Crippen LogP contribution in [0.5, 0.6) is 0 Å². The number of Topliss-reactive ketones (excluding diaryl/α,β-unsaturated/α-hetero) is 1. The first-order valence-electron chi connectivity index (χ1n) is 10.0. The third-order valence-electron chi connectivity index (χ3n) is 7.01. The number of methoxy groups -OCH3 is 1. The molecule has 2 spiro atoms. The van der Waals surface area contributed by atoms with E-state index in [9.17, 15) is 9.59 Å². The Bertz CT molecular complexity index is 733. The van der Waals surface area contributed by atoms with Gasteiger partial charge in [0.05, 0.1) is 12.5 Å². The molecule has 26 heavy (non-hydrogen) atoms. The van der Waals surface area contributed by atoms with E-state index in [4.69, 9.17) is 4.74 Å². The molecule has 2 aliphatic carbocycles. The predicted molar refractivity (Wildman–Crippen MR) is 99.9 cm³/mol. The third-order valence-corrected chi connectivity index (χ3v) is 7.01. The summed E-state index contributed by atoms with van der Waals surface area (Å²) in [6.45, 7) is 2.19. The average Bonchev–Trinajstić information content (AvgIpc) is 3.09. The van der Waals surface area contributed by atoms with Gasteiger partial charge in [-0.2, -0.15) is 0 Å². The van der Waals surface area contributed by atoms with E-state index in [1.807, 2.05) is 0 Å². The van der Waals surface area contributed by atoms with Gasteiger partial charge in [0.2, 0.25) is 5.91 Å². The molecule has 0 radical (unpaired) electrons. The smallest absolute Gasteiger partial charge is 0.228 e. The minimum absolute atomic E-state index is 0.0219. The highest BCUT2D eigenvalue weighted by Crippen LogP contribution is 2.59. The third kappa shape index (κ3) is 2.45. The van der Waals surface area contributed by atoms with E-state index in [0.717, 1.165) is 56.9 Å². The fraction of sp³-hybridized carbons (Fsp3) is 0.636. The molecule has 0 bridgehead atoms. The summed E-state index contributed by atoms with van der Waals surface area (Å²) in [6.07, 6.45) is 8.28. The topological polar surface area (TPSA) is 55.4 Å². The van der Waals surface area contributed by atoms with Crippen LogP contribution >= 0.6 is 0 Å². The van der Waals surface area contributed by atoms with E-state index in [0.29, 0.717) is 0 Å². The van der Waals surface area contributed by atoms with Crippen LogP contribution in [0.3, 0.4) is 0 Å². The predicted octanol–water partition coefficient (Wildman–Crippen LogP) is 3.45. The Morgan fingerprint density at radius 1 is 1.23 bits per heavy atom. The lowest BCUT2D eigenvalue weighted by molar-refractivity contribution is -0.129. The number of unbranched alkanes of at least 4 members (excludes halogenated alkanes) is 1. The van der Waals surface area contributed by atoms with Gasteiger partial charge in [0, 0.05) is 12.5 Å². The van der Waals surface area contributed by atoms with Crippen molar-refractivity contribution in [1.29, 1.82) is 0 Å². The van der Waals surface area contributed by atoms with Crippen molar-refractivity contribution in [3.05, 3.63) is 34.9 Å². The lowest BCUT2D eigenvalue weighted by Gasteiger charge is -2.47. The summed E-state index contributed by atoms with van der Waals surface area (Å²) in [5.41, 5.74) is 2.62. The van der Waals surface area contributed by atoms with Crippen LogP contribution in [0.1, 0.15) is 68.6 Å². The average molecular weight is 355 g/mol. The first-order chi connectivity index (χ1) is 12.5. The molecule has 1 heterocycles. The summed E-state index contributed by atoms with van der Waals surface area (Å²) in [7, 11) is 1.77. The maximum Gasteiger partial charge on any atom is 0.228 e. The Morgan fingerprint density at radius 2 is 2.00 bits per heavy atom. The second kappa shape index (κ2) is 6.49. The first-order valence-corrected chi connectivity index (χ1v) is 10.0. The Morgan fingerprint density at radius 3 is 2.62 bits per heavy atom. The van der Waals surface area contributed by atoms with Crippen LogP contribution in [0.4, 0.5) is 0 Å². The number of carbonyl (C=O) groups is 2. The van der Waals surface area contributed by atoms with E-state index >= 15 is 0 Å². The van der Waals surface area contributed by atoms with E-state index in [1.165, 1.54) is 11.1 Å². The van der Waals surface area contributed by atoms with Gasteiger partial charge in [-0.3, -0.25) is 9.59 Å². The number of ketones is 1. The molecule has 1 aromatic rings. The summed E-state index contributed by atoms with van der Waals surface area (Å²) < 4.78 is 5.56. The number of rotatable bonds is 4. The number of hydrogen-bond donors (Lipinski definition) is 1. The van der Waals surface area contributed by atoms with Gasteiger partial charge in [0.15, 0.2) is 5.78 Å². The van der Waals surface area contributed by atoms with Gasteiger partial charge in [-0.05, 0) is 61.6 Å². The van der Waals surface area contributed by atoms with Crippen molar-refractivity contribution in [2.24, 2.45) is 5.41 Å². The number of carbonyl (C=O) groups excluding carboxylic acids is 2. The molecule has 4 rings (SSSR count). The molecule has 0 aromatic heterocycles. The number of ether oxygens (including phenoxy) is 1. The molecule has 140 valence electrons. The molecule has 2 fully saturated rings. The van der Waals surface area contributed by atoms with Crippen molar-refractivity contribution in [1.82, 2.24) is 5.32 Å². The molecular weight excluding hydrogens is 326 g/mol. The van der Waals surface area contributed by atoms with Crippen LogP contribution < -0.4 is 5.32 Å². The summed E-state index contributed by atoms with van der Waals surface area (Å²) in [6, 6.07) is 6.63. The Kier molecular flexibility index (Phi) is 4.42. The standard InChI is InChI=1S/C22H29NO3/c1-3-4-5-15-6-7-16-14-21(10-8-17(26-2)9-11-21)22(18(16)12-15)19(24)13-20(25)23-22/h6-7,12,17H,3-5,8-11,13-14H2,1-2H3,(H,23,25). The highest BCUT2D eigenvalue weighted by Gasteiger charge is 2.65. The monoisotopic (exact) mass is 355 g/mol. The zero-order chi connectivity index (χ0) is 18.4. The maximum atomic E-state index is 13.2. The minimum Gasteiger partial charge on any atom is -0.381 e. The van der Waals surface area contributed by atoms with E-state index in [-0.39, 0.29) is 29.6 Å². The fourth-order valence-electron chi connectivity index (χ4n) is 5.62. The fourth-order valence-corrected chi connectivity index (χ4v) is 5.62. The van der Waals surface area contributed by atoms with E-state index < -0.39 is 5.54 Å². The molecule has 1 unspecified atom stereocenters. The molecule has 4 heteroatoms. The molecule has 1 saturated carbocycles. The number of aryl methyl sites for hydroxylation is 1. The Labute approximate surface area is 155 Å². The van der Waals surface area contributed by atoms with Gasteiger partial charge in [0.1, 0.15) is 5.54 Å². The number of nitrogens with one attached hydrogen (secondary N) is 1. The Hall–Kier alpha value is -1.68. The molecule has 4 nitrogen and oxygen atoms in total. The van der Waals surface area contributed by atoms with Gasteiger partial charge < -0.3 is 10.1 Å². The molecule has 1 N–H and O–H groups in total. The number of fused-ring (bicyclic) bond motifs is 3. The summed E-state index contributed by atoms with van der Waals surface area (Å²) in [4.78, 5) is 25.5. The van der Waals surface area contributed by atoms with Crippen LogP contribution in [0.25, 0.3) is 0 Å². The van der Waals surface area contributed by atoms with Gasteiger partial charge in [-0.15, -0.1) is 0 Å². The van der Waals surface area contributed by atoms with Crippen LogP contribution in [-0.4, -0.2) is 24.9 Å². The van der Waals surface area contributed by atoms with Crippen LogP contribution in [0.15, 0.2) is 18.2 Å². The summed E-state index contributed by atoms with van der Waals surface area (Å²) in [5, 5.41) is 3.18. The van der Waals surface area contributed by atoms with Crippen molar-refractivity contribution in [3.8, 4) is 0 Å². The molecule has 1 aromatic carbocycles. The SMILES string of the molecule is CCCCc1ccc2c(c1)C1(NC(=O)CC1=O)C1(CCC(OC)CC1)C2. The van der Waals surface area contributed by atoms with E-state index in [1.54, 1.807) is 7.11 Å². The lowest BCUT2D eigenvalue weighted by Crippen LogP contribution is -2.56. The maximum absolute atomic E-state index is 13.2. The lowest BCUT2D eigenvalue weighted by atomic mass is 9.60. The molecule has 3 aliphatic rings. The molecule has 1 atom stereocenters. The highest BCUT2D eigenvalue weighted by atomic mass is 16.5. The zero-order valence-corrected chi connectivity index (χ0v) is 15.9. The molecule has 1 saturated heterocycles. The largest absolute Gasteiger partial charge is 0.381 e. The van der Waals surface area contributed by atoms with Crippen LogP contribution in [0, 0.1) is 5.41 Å². The van der Waals surface area contributed by atoms with Gasteiger partial charge in [-0.1, -0.05) is 31.5 Å². The Balaban J connectivity index is 1.78. The van der Waals surface area contributed by atoms with Gasteiger partial charge >= 0.3 is 0 Å². The summed E-state index contributed by atoms with van der Waals surface area (Å²) in [5.74, 6) is -0.0418. The highest BCUT2D eigenvalue weighted by molar-refractivity contribution is 6.11. The molecular formula is C22H29NO3. The zero-order valence-electron chi connectivity index (χ0n) is 15.9. The van der Waals surface area contributed by atoms with Gasteiger partial charge in [0.25, 0.3) is 0 Å². The van der Waals surface area contributed by atoms with Crippen molar-refractivity contribution in [2.75, 3.05) is 7.11 Å². The van der Waals surface area contributed by atoms with E-state index in [2.05, 4.69) is 30.4 Å². The van der Waals surface area contributed by atoms with Gasteiger partial charge in [-0.25, -0.2) is 0 Å². The number of benzene rings is 1. The first kappa shape index (κ1) is 17.7. The molecule has 1 amide bonds. The minimum atomic E-state index is -0.805. The van der Waals surface area contributed by atoms with Crippen LogP contribution in [-0.2, 0) is 32.7 Å². The number of hydrogen-bond acceptors (Lipinski definition) is 3. The quantitative estimate of drug-likeness (QED) is 0.842. The number of amides is 1. The van der Waals surface area contributed by atoms with Crippen molar-refractivity contribution >= 4 is 11.7 Å². The molecule has 1 aliphatic heterocycles. The van der Waals surface area contributed by atoms with Crippen LogP contribution in [0.2, 0.25) is 0 Å². The van der Waals surface area contributed by atoms with Crippen molar-refractivity contribution in [2.45, 2.75) is 76.4 Å². The van der Waals surface area contributed by atoms with Crippen molar-refractivity contribution in [3.63, 3.8) is 0 Å². The second-order valence-corrected chi connectivity index (χ2v) is 8.39. The normalized spacial score (nSPS) is 33.1. The van der Waals surface area contributed by atoms with Crippen molar-refractivity contribution < 1.29 is 14.3 Å². The second-order valence-electron chi connectivity index (χ2n) is 8.39. The summed E-state index contributed by atoms with van der Waals surface area (Å²) >= 11 is 0.